The number of benzene rings is 1. The maximum Gasteiger partial charge on any atom is 0.414 e. The lowest BCUT2D eigenvalue weighted by Crippen LogP contribution is -3.16. The predicted molar refractivity (Wildman–Crippen MR) is 79.4 cm³/mol. The smallest absolute Gasteiger partial charge is 0.414 e. The molecule has 0 atom stereocenters. The highest BCUT2D eigenvalue weighted by Gasteiger charge is 2.23. The molecule has 6 nitrogen and oxygen atoms in total. The van der Waals surface area contributed by atoms with Crippen LogP contribution in [0, 0.1) is 0 Å². The van der Waals surface area contributed by atoms with E-state index in [0.717, 1.165) is 26.2 Å². The summed E-state index contributed by atoms with van der Waals surface area (Å²) in [7, 11) is 0. The standard InChI is InChI=1S/C15H21N3O3/c1-2-21-15(20)16-14(19)12-17-8-10-18(11-9-17)13-6-4-3-5-7-13/h3-7H,2,8-12H2,1H3,(H,16,19,20)/p+1. The van der Waals surface area contributed by atoms with Crippen LogP contribution < -0.4 is 15.1 Å². The summed E-state index contributed by atoms with van der Waals surface area (Å²) < 4.78 is 4.69. The Bertz CT molecular complexity index is 470. The van der Waals surface area contributed by atoms with Crippen molar-refractivity contribution >= 4 is 17.7 Å². The summed E-state index contributed by atoms with van der Waals surface area (Å²) in [5, 5.41) is 2.24. The molecule has 0 bridgehead atoms. The molecule has 1 aliphatic heterocycles. The minimum Gasteiger partial charge on any atom is -0.450 e. The van der Waals surface area contributed by atoms with E-state index in [1.807, 2.05) is 18.2 Å². The van der Waals surface area contributed by atoms with Gasteiger partial charge in [0.2, 0.25) is 0 Å². The van der Waals surface area contributed by atoms with Gasteiger partial charge in [0.05, 0.1) is 32.8 Å². The zero-order valence-corrected chi connectivity index (χ0v) is 12.3. The molecule has 1 aromatic rings. The van der Waals surface area contributed by atoms with Gasteiger partial charge in [-0.25, -0.2) is 4.79 Å². The number of rotatable bonds is 4. The lowest BCUT2D eigenvalue weighted by molar-refractivity contribution is -0.892. The number of ether oxygens (including phenoxy) is 1. The van der Waals surface area contributed by atoms with Gasteiger partial charge in [-0.3, -0.25) is 10.1 Å². The van der Waals surface area contributed by atoms with Gasteiger partial charge in [-0.15, -0.1) is 0 Å². The first-order valence-corrected chi connectivity index (χ1v) is 7.29. The fourth-order valence-corrected chi connectivity index (χ4v) is 2.45. The number of piperazine rings is 1. The van der Waals surface area contributed by atoms with E-state index in [-0.39, 0.29) is 12.5 Å². The zero-order valence-electron chi connectivity index (χ0n) is 12.3. The molecular formula is C15H22N3O3+. The molecule has 6 heteroatoms. The van der Waals surface area contributed by atoms with E-state index >= 15 is 0 Å². The topological polar surface area (TPSA) is 63.1 Å². The number of amides is 2. The minimum absolute atomic E-state index is 0.266. The zero-order chi connectivity index (χ0) is 15.1. The number of hydrogen-bond acceptors (Lipinski definition) is 4. The molecule has 0 radical (unpaired) electrons. The van der Waals surface area contributed by atoms with Crippen LogP contribution in [0.1, 0.15) is 6.92 Å². The quantitative estimate of drug-likeness (QED) is 0.797. The number of anilines is 1. The van der Waals surface area contributed by atoms with Crippen molar-refractivity contribution in [2.75, 3.05) is 44.2 Å². The second kappa shape index (κ2) is 7.64. The summed E-state index contributed by atoms with van der Waals surface area (Å²) in [4.78, 5) is 26.4. The Morgan fingerprint density at radius 2 is 1.90 bits per heavy atom. The summed E-state index contributed by atoms with van der Waals surface area (Å²) in [6.07, 6.45) is -0.662. The number of quaternary nitrogens is 1. The van der Waals surface area contributed by atoms with Gasteiger partial charge in [0.1, 0.15) is 0 Å². The van der Waals surface area contributed by atoms with Gasteiger partial charge < -0.3 is 14.5 Å². The first kappa shape index (κ1) is 15.3. The molecule has 0 spiro atoms. The second-order valence-electron chi connectivity index (χ2n) is 5.02. The van der Waals surface area contributed by atoms with Crippen molar-refractivity contribution in [3.8, 4) is 0 Å². The van der Waals surface area contributed by atoms with E-state index in [1.165, 1.54) is 10.6 Å². The number of para-hydroxylation sites is 1. The monoisotopic (exact) mass is 292 g/mol. The number of imide groups is 1. The van der Waals surface area contributed by atoms with Crippen LogP contribution in [0.15, 0.2) is 30.3 Å². The highest BCUT2D eigenvalue weighted by molar-refractivity contribution is 5.92. The molecule has 2 amide bonds. The van der Waals surface area contributed by atoms with E-state index in [2.05, 4.69) is 27.1 Å². The summed E-state index contributed by atoms with van der Waals surface area (Å²) in [6.45, 7) is 5.86. The van der Waals surface area contributed by atoms with Crippen molar-refractivity contribution in [1.82, 2.24) is 5.32 Å². The summed E-state index contributed by atoms with van der Waals surface area (Å²) in [5.74, 6) is -0.281. The molecule has 1 fully saturated rings. The van der Waals surface area contributed by atoms with Crippen LogP contribution >= 0.6 is 0 Å². The fourth-order valence-electron chi connectivity index (χ4n) is 2.45. The number of nitrogens with zero attached hydrogens (tertiary/aromatic N) is 1. The minimum atomic E-state index is -0.662. The normalized spacial score (nSPS) is 15.6. The van der Waals surface area contributed by atoms with Gasteiger partial charge in [-0.2, -0.15) is 0 Å². The van der Waals surface area contributed by atoms with Crippen molar-refractivity contribution in [3.05, 3.63) is 30.3 Å². The Morgan fingerprint density at radius 1 is 1.24 bits per heavy atom. The molecule has 2 N–H and O–H groups in total. The van der Waals surface area contributed by atoms with Crippen LogP contribution in [0.4, 0.5) is 10.5 Å². The molecule has 1 saturated heterocycles. The van der Waals surface area contributed by atoms with Crippen molar-refractivity contribution in [1.29, 1.82) is 0 Å². The van der Waals surface area contributed by atoms with Crippen LogP contribution in [0.2, 0.25) is 0 Å². The number of hydrogen-bond donors (Lipinski definition) is 2. The van der Waals surface area contributed by atoms with Gasteiger partial charge in [0, 0.05) is 5.69 Å². The highest BCUT2D eigenvalue weighted by atomic mass is 16.5. The van der Waals surface area contributed by atoms with Crippen molar-refractivity contribution in [2.24, 2.45) is 0 Å². The van der Waals surface area contributed by atoms with Gasteiger partial charge in [0.25, 0.3) is 5.91 Å². The number of carbonyl (C=O) groups is 2. The largest absolute Gasteiger partial charge is 0.450 e. The van der Waals surface area contributed by atoms with Crippen molar-refractivity contribution in [2.45, 2.75) is 6.92 Å². The van der Waals surface area contributed by atoms with Crippen LogP contribution in [-0.4, -0.2) is 51.3 Å². The molecular weight excluding hydrogens is 270 g/mol. The molecule has 0 saturated carbocycles. The van der Waals surface area contributed by atoms with E-state index in [9.17, 15) is 9.59 Å². The predicted octanol–water partition coefficient (Wildman–Crippen LogP) is -0.336. The van der Waals surface area contributed by atoms with Crippen LogP contribution in [0.25, 0.3) is 0 Å². The lowest BCUT2D eigenvalue weighted by atomic mass is 10.2. The molecule has 2 rings (SSSR count). The third-order valence-electron chi connectivity index (χ3n) is 3.52. The fraction of sp³-hybridized carbons (Fsp3) is 0.467. The SMILES string of the molecule is CCOC(=O)NC(=O)C[NH+]1CCN(c2ccccc2)CC1. The first-order chi connectivity index (χ1) is 10.2. The van der Waals surface area contributed by atoms with E-state index < -0.39 is 6.09 Å². The Kier molecular flexibility index (Phi) is 5.57. The molecule has 0 unspecified atom stereocenters. The van der Waals surface area contributed by atoms with Crippen LogP contribution in [-0.2, 0) is 9.53 Å². The third-order valence-corrected chi connectivity index (χ3v) is 3.52. The molecule has 0 aromatic heterocycles. The Morgan fingerprint density at radius 3 is 2.52 bits per heavy atom. The molecule has 1 aliphatic rings. The van der Waals surface area contributed by atoms with Gasteiger partial charge in [-0.1, -0.05) is 18.2 Å². The van der Waals surface area contributed by atoms with Crippen molar-refractivity contribution < 1.29 is 19.2 Å². The molecule has 1 aromatic carbocycles. The van der Waals surface area contributed by atoms with Gasteiger partial charge in [0.15, 0.2) is 6.54 Å². The van der Waals surface area contributed by atoms with Gasteiger partial charge in [-0.05, 0) is 19.1 Å². The lowest BCUT2D eigenvalue weighted by Gasteiger charge is -2.33. The average Bonchev–Trinajstić information content (AvgIpc) is 2.49. The Labute approximate surface area is 124 Å². The average molecular weight is 292 g/mol. The van der Waals surface area contributed by atoms with Crippen LogP contribution in [0.5, 0.6) is 0 Å². The maximum atomic E-state index is 11.7. The number of carbonyl (C=O) groups excluding carboxylic acids is 2. The Hall–Kier alpha value is -2.08. The summed E-state index contributed by atoms with van der Waals surface area (Å²) in [5.41, 5.74) is 1.22. The van der Waals surface area contributed by atoms with Crippen molar-refractivity contribution in [3.63, 3.8) is 0 Å². The number of nitrogens with one attached hydrogen (secondary N) is 2. The van der Waals surface area contributed by atoms with Gasteiger partial charge >= 0.3 is 6.09 Å². The number of alkyl carbamates (subject to hydrolysis) is 1. The summed E-state index contributed by atoms with van der Waals surface area (Å²) in [6, 6.07) is 10.3. The molecule has 21 heavy (non-hydrogen) atoms. The van der Waals surface area contributed by atoms with Crippen LogP contribution in [0.3, 0.4) is 0 Å². The van der Waals surface area contributed by atoms with E-state index in [0.29, 0.717) is 6.54 Å². The maximum absolute atomic E-state index is 11.7. The third kappa shape index (κ3) is 4.75. The highest BCUT2D eigenvalue weighted by Crippen LogP contribution is 2.12. The van der Waals surface area contributed by atoms with E-state index in [1.54, 1.807) is 6.92 Å². The van der Waals surface area contributed by atoms with E-state index in [4.69, 9.17) is 0 Å². The molecule has 1 heterocycles. The molecule has 114 valence electrons. The first-order valence-electron chi connectivity index (χ1n) is 7.29. The summed E-state index contributed by atoms with van der Waals surface area (Å²) >= 11 is 0. The second-order valence-corrected chi connectivity index (χ2v) is 5.02. The Balaban J connectivity index is 1.74. The molecule has 0 aliphatic carbocycles.